The van der Waals surface area contributed by atoms with Crippen LogP contribution in [0.5, 0.6) is 5.75 Å². The van der Waals surface area contributed by atoms with Crippen molar-refractivity contribution in [2.45, 2.75) is 6.92 Å². The van der Waals surface area contributed by atoms with Gasteiger partial charge in [-0.3, -0.25) is 9.69 Å². The lowest BCUT2D eigenvalue weighted by Crippen LogP contribution is -2.42. The van der Waals surface area contributed by atoms with Crippen molar-refractivity contribution in [1.82, 2.24) is 10.2 Å². The van der Waals surface area contributed by atoms with Crippen molar-refractivity contribution in [3.8, 4) is 5.75 Å². The molecule has 2 aromatic carbocycles. The first kappa shape index (κ1) is 22.0. The predicted octanol–water partition coefficient (Wildman–Crippen LogP) is 2.96. The van der Waals surface area contributed by atoms with E-state index in [2.05, 4.69) is 20.9 Å². The Labute approximate surface area is 182 Å². The minimum atomic E-state index is -0.170. The highest BCUT2D eigenvalue weighted by atomic mass is 32.1. The zero-order chi connectivity index (χ0) is 21.2. The molecule has 1 fully saturated rings. The van der Waals surface area contributed by atoms with Gasteiger partial charge in [0.05, 0.1) is 19.8 Å². The van der Waals surface area contributed by atoms with Gasteiger partial charge in [0, 0.05) is 43.1 Å². The summed E-state index contributed by atoms with van der Waals surface area (Å²) in [5.74, 6) is 0.609. The first-order valence-electron chi connectivity index (χ1n) is 10.1. The van der Waals surface area contributed by atoms with E-state index in [1.165, 1.54) is 0 Å². The molecule has 0 spiro atoms. The normalized spacial score (nSPS) is 14.0. The number of carbonyl (C=O) groups excluding carboxylic acids is 1. The van der Waals surface area contributed by atoms with Crippen LogP contribution in [0.1, 0.15) is 17.3 Å². The van der Waals surface area contributed by atoms with Crippen LogP contribution in [0.25, 0.3) is 0 Å². The highest BCUT2D eigenvalue weighted by Gasteiger charge is 2.10. The predicted molar refractivity (Wildman–Crippen MR) is 123 cm³/mol. The summed E-state index contributed by atoms with van der Waals surface area (Å²) in [4.78, 5) is 14.8. The van der Waals surface area contributed by atoms with Crippen molar-refractivity contribution in [1.29, 1.82) is 0 Å². The molecule has 0 bridgehead atoms. The minimum absolute atomic E-state index is 0.170. The Morgan fingerprint density at radius 1 is 1.03 bits per heavy atom. The Hall–Kier alpha value is -2.68. The summed E-state index contributed by atoms with van der Waals surface area (Å²) >= 11 is 5.35. The number of carbonyl (C=O) groups is 1. The second-order valence-corrected chi connectivity index (χ2v) is 7.23. The van der Waals surface area contributed by atoms with E-state index in [4.69, 9.17) is 21.7 Å². The monoisotopic (exact) mass is 428 g/mol. The van der Waals surface area contributed by atoms with Crippen LogP contribution in [0.3, 0.4) is 0 Å². The Bertz CT molecular complexity index is 821. The fourth-order valence-corrected chi connectivity index (χ4v) is 3.26. The van der Waals surface area contributed by atoms with Gasteiger partial charge in [0.2, 0.25) is 0 Å². The fourth-order valence-electron chi connectivity index (χ4n) is 3.04. The second kappa shape index (κ2) is 11.5. The number of nitrogens with zero attached hydrogens (tertiary/aromatic N) is 1. The van der Waals surface area contributed by atoms with E-state index in [0.29, 0.717) is 17.3 Å². The summed E-state index contributed by atoms with van der Waals surface area (Å²) in [5.41, 5.74) is 2.12. The first-order chi connectivity index (χ1) is 14.6. The number of hydrogen-bond acceptors (Lipinski definition) is 5. The standard InChI is InChI=1S/C22H28N4O3S/c1-2-29-20-9-7-18(8-10-20)24-21(27)17-3-5-19(6-4-17)25-22(30)23-11-12-26-13-15-28-16-14-26/h3-10H,2,11-16H2,1H3,(H,24,27)(H2,23,25,30). The molecule has 1 heterocycles. The topological polar surface area (TPSA) is 74.9 Å². The van der Waals surface area contributed by atoms with Crippen LogP contribution >= 0.6 is 12.2 Å². The molecule has 7 nitrogen and oxygen atoms in total. The van der Waals surface area contributed by atoms with E-state index < -0.39 is 0 Å². The molecular weight excluding hydrogens is 400 g/mol. The van der Waals surface area contributed by atoms with E-state index >= 15 is 0 Å². The van der Waals surface area contributed by atoms with Gasteiger partial charge in [0.15, 0.2) is 5.11 Å². The molecule has 0 radical (unpaired) electrons. The number of thiocarbonyl (C=S) groups is 1. The summed E-state index contributed by atoms with van der Waals surface area (Å²) in [6, 6.07) is 14.5. The van der Waals surface area contributed by atoms with Crippen molar-refractivity contribution in [2.24, 2.45) is 0 Å². The summed E-state index contributed by atoms with van der Waals surface area (Å²) in [6.45, 7) is 7.75. The SMILES string of the molecule is CCOc1ccc(NC(=O)c2ccc(NC(=S)NCCN3CCOCC3)cc2)cc1. The van der Waals surface area contributed by atoms with Gasteiger partial charge in [-0.25, -0.2) is 0 Å². The van der Waals surface area contributed by atoms with Gasteiger partial charge in [-0.1, -0.05) is 0 Å². The third kappa shape index (κ3) is 6.98. The van der Waals surface area contributed by atoms with Crippen LogP contribution in [0.15, 0.2) is 48.5 Å². The van der Waals surface area contributed by atoms with Crippen LogP contribution in [-0.4, -0.2) is 61.9 Å². The van der Waals surface area contributed by atoms with E-state index in [-0.39, 0.29) is 5.91 Å². The highest BCUT2D eigenvalue weighted by Crippen LogP contribution is 2.17. The number of amides is 1. The van der Waals surface area contributed by atoms with E-state index in [0.717, 1.165) is 56.5 Å². The molecule has 3 rings (SSSR count). The number of rotatable bonds is 8. The van der Waals surface area contributed by atoms with Gasteiger partial charge in [0.1, 0.15) is 5.75 Å². The van der Waals surface area contributed by atoms with E-state index in [1.54, 1.807) is 12.1 Å². The van der Waals surface area contributed by atoms with Crippen molar-refractivity contribution in [2.75, 3.05) is 56.6 Å². The van der Waals surface area contributed by atoms with Crippen LogP contribution in [0.2, 0.25) is 0 Å². The summed E-state index contributed by atoms with van der Waals surface area (Å²) in [5, 5.41) is 9.80. The maximum atomic E-state index is 12.4. The molecule has 3 N–H and O–H groups in total. The van der Waals surface area contributed by atoms with Crippen molar-refractivity contribution in [3.63, 3.8) is 0 Å². The second-order valence-electron chi connectivity index (χ2n) is 6.82. The van der Waals surface area contributed by atoms with Gasteiger partial charge in [-0.05, 0) is 67.7 Å². The molecular formula is C22H28N4O3S. The van der Waals surface area contributed by atoms with Crippen molar-refractivity contribution in [3.05, 3.63) is 54.1 Å². The first-order valence-corrected chi connectivity index (χ1v) is 10.5. The Morgan fingerprint density at radius 3 is 2.33 bits per heavy atom. The largest absolute Gasteiger partial charge is 0.494 e. The Morgan fingerprint density at radius 2 is 1.67 bits per heavy atom. The zero-order valence-electron chi connectivity index (χ0n) is 17.1. The molecule has 0 aliphatic carbocycles. The fraction of sp³-hybridized carbons (Fsp3) is 0.364. The summed E-state index contributed by atoms with van der Waals surface area (Å²) in [7, 11) is 0. The molecule has 1 aliphatic heterocycles. The number of nitrogens with one attached hydrogen (secondary N) is 3. The Balaban J connectivity index is 1.43. The third-order valence-electron chi connectivity index (χ3n) is 4.65. The molecule has 0 aromatic heterocycles. The maximum absolute atomic E-state index is 12.4. The molecule has 160 valence electrons. The third-order valence-corrected chi connectivity index (χ3v) is 4.89. The van der Waals surface area contributed by atoms with Crippen LogP contribution in [0, 0.1) is 0 Å². The van der Waals surface area contributed by atoms with Gasteiger partial charge in [-0.2, -0.15) is 0 Å². The average Bonchev–Trinajstić information content (AvgIpc) is 2.76. The van der Waals surface area contributed by atoms with Gasteiger partial charge < -0.3 is 25.4 Å². The van der Waals surface area contributed by atoms with Crippen LogP contribution in [0.4, 0.5) is 11.4 Å². The number of anilines is 2. The number of benzene rings is 2. The smallest absolute Gasteiger partial charge is 0.255 e. The lowest BCUT2D eigenvalue weighted by atomic mass is 10.2. The van der Waals surface area contributed by atoms with Crippen molar-refractivity contribution >= 4 is 34.6 Å². The number of morpholine rings is 1. The van der Waals surface area contributed by atoms with Crippen molar-refractivity contribution < 1.29 is 14.3 Å². The molecule has 2 aromatic rings. The van der Waals surface area contributed by atoms with Gasteiger partial charge >= 0.3 is 0 Å². The van der Waals surface area contributed by atoms with E-state index in [1.807, 2.05) is 43.3 Å². The van der Waals surface area contributed by atoms with Gasteiger partial charge in [-0.15, -0.1) is 0 Å². The lowest BCUT2D eigenvalue weighted by molar-refractivity contribution is 0.0389. The summed E-state index contributed by atoms with van der Waals surface area (Å²) in [6.07, 6.45) is 0. The van der Waals surface area contributed by atoms with Crippen LogP contribution < -0.4 is 20.7 Å². The molecule has 1 amide bonds. The quantitative estimate of drug-likeness (QED) is 0.558. The molecule has 0 unspecified atom stereocenters. The lowest BCUT2D eigenvalue weighted by Gasteiger charge is -2.26. The minimum Gasteiger partial charge on any atom is -0.494 e. The highest BCUT2D eigenvalue weighted by molar-refractivity contribution is 7.80. The molecule has 0 saturated carbocycles. The zero-order valence-corrected chi connectivity index (χ0v) is 18.0. The van der Waals surface area contributed by atoms with Gasteiger partial charge in [0.25, 0.3) is 5.91 Å². The number of hydrogen-bond donors (Lipinski definition) is 3. The Kier molecular flexibility index (Phi) is 8.43. The number of ether oxygens (including phenoxy) is 2. The van der Waals surface area contributed by atoms with Crippen LogP contribution in [-0.2, 0) is 4.74 Å². The summed E-state index contributed by atoms with van der Waals surface area (Å²) < 4.78 is 10.8. The van der Waals surface area contributed by atoms with E-state index in [9.17, 15) is 4.79 Å². The molecule has 0 atom stereocenters. The average molecular weight is 429 g/mol. The molecule has 8 heteroatoms. The molecule has 30 heavy (non-hydrogen) atoms. The maximum Gasteiger partial charge on any atom is 0.255 e. The molecule has 1 aliphatic rings. The molecule has 1 saturated heterocycles.